The van der Waals surface area contributed by atoms with Gasteiger partial charge in [-0.25, -0.2) is 4.98 Å². The van der Waals surface area contributed by atoms with Crippen molar-refractivity contribution in [2.75, 3.05) is 0 Å². The summed E-state index contributed by atoms with van der Waals surface area (Å²) >= 11 is 5.89. The fourth-order valence-electron chi connectivity index (χ4n) is 2.97. The van der Waals surface area contributed by atoms with Crippen LogP contribution in [0.4, 0.5) is 13.2 Å². The van der Waals surface area contributed by atoms with Crippen molar-refractivity contribution in [1.29, 1.82) is 0 Å². The molecule has 9 heteroatoms. The Bertz CT molecular complexity index is 1200. The predicted molar refractivity (Wildman–Crippen MR) is 92.2 cm³/mol. The number of rotatable bonds is 2. The molecule has 0 atom stereocenters. The molecule has 5 nitrogen and oxygen atoms in total. The van der Waals surface area contributed by atoms with Gasteiger partial charge in [0.05, 0.1) is 22.6 Å². The zero-order chi connectivity index (χ0) is 18.5. The van der Waals surface area contributed by atoms with Gasteiger partial charge in [-0.2, -0.15) is 18.3 Å². The van der Waals surface area contributed by atoms with Crippen molar-refractivity contribution in [2.24, 2.45) is 0 Å². The highest BCUT2D eigenvalue weighted by Gasteiger charge is 2.30. The Morgan fingerprint density at radius 3 is 2.62 bits per heavy atom. The lowest BCUT2D eigenvalue weighted by Gasteiger charge is -2.14. The third-order valence-corrected chi connectivity index (χ3v) is 4.28. The highest BCUT2D eigenvalue weighted by atomic mass is 35.5. The number of pyridine rings is 2. The SMILES string of the molecule is O=c1c2cn[nH]c2c2ccc(-c3ccnc(Cl)c3)cc2n1CC(F)(F)F. The van der Waals surface area contributed by atoms with E-state index in [2.05, 4.69) is 15.2 Å². The van der Waals surface area contributed by atoms with Crippen molar-refractivity contribution < 1.29 is 13.2 Å². The van der Waals surface area contributed by atoms with E-state index in [1.54, 1.807) is 24.3 Å². The van der Waals surface area contributed by atoms with Gasteiger partial charge in [0.25, 0.3) is 5.56 Å². The van der Waals surface area contributed by atoms with Crippen LogP contribution in [0.3, 0.4) is 0 Å². The number of hydrogen-bond acceptors (Lipinski definition) is 3. The summed E-state index contributed by atoms with van der Waals surface area (Å²) in [7, 11) is 0. The summed E-state index contributed by atoms with van der Waals surface area (Å²) in [5.41, 5.74) is 1.12. The minimum Gasteiger partial charge on any atom is -0.298 e. The van der Waals surface area contributed by atoms with Crippen molar-refractivity contribution >= 4 is 33.4 Å². The van der Waals surface area contributed by atoms with Crippen molar-refractivity contribution in [3.63, 3.8) is 0 Å². The first kappa shape index (κ1) is 16.6. The predicted octanol–water partition coefficient (Wildman–Crippen LogP) is 4.16. The van der Waals surface area contributed by atoms with Gasteiger partial charge in [-0.15, -0.1) is 0 Å². The highest BCUT2D eigenvalue weighted by Crippen LogP contribution is 2.29. The molecule has 3 aromatic heterocycles. The standard InChI is InChI=1S/C17H10ClF3N4O/c18-14-6-10(3-4-22-14)9-1-2-11-13(5-9)25(8-17(19,20)21)16(26)12-7-23-24-15(11)12/h1-7H,8H2,(H,23,24). The van der Waals surface area contributed by atoms with Crippen LogP contribution >= 0.6 is 11.6 Å². The molecular weight excluding hydrogens is 369 g/mol. The van der Waals surface area contributed by atoms with E-state index in [9.17, 15) is 18.0 Å². The molecule has 0 aliphatic rings. The fourth-order valence-corrected chi connectivity index (χ4v) is 3.15. The third kappa shape index (κ3) is 2.82. The van der Waals surface area contributed by atoms with Gasteiger partial charge in [-0.3, -0.25) is 14.5 Å². The average molecular weight is 379 g/mol. The van der Waals surface area contributed by atoms with Crippen molar-refractivity contribution in [3.8, 4) is 11.1 Å². The number of alkyl halides is 3. The Hall–Kier alpha value is -2.87. The molecule has 0 unspecified atom stereocenters. The molecule has 1 aromatic carbocycles. The van der Waals surface area contributed by atoms with Crippen LogP contribution in [0, 0.1) is 0 Å². The van der Waals surface area contributed by atoms with Crippen LogP contribution in [0.15, 0.2) is 47.5 Å². The number of nitrogens with one attached hydrogen (secondary N) is 1. The molecule has 0 saturated heterocycles. The van der Waals surface area contributed by atoms with E-state index in [0.29, 0.717) is 22.0 Å². The molecule has 0 fully saturated rings. The maximum atomic E-state index is 13.0. The zero-order valence-corrected chi connectivity index (χ0v) is 13.8. The summed E-state index contributed by atoms with van der Waals surface area (Å²) in [6.45, 7) is -1.38. The molecule has 0 saturated carbocycles. The number of H-pyrrole nitrogens is 1. The van der Waals surface area contributed by atoms with Gasteiger partial charge in [0.15, 0.2) is 0 Å². The first-order valence-corrected chi connectivity index (χ1v) is 7.89. The highest BCUT2D eigenvalue weighted by molar-refractivity contribution is 6.29. The number of fused-ring (bicyclic) bond motifs is 3. The molecule has 0 bridgehead atoms. The van der Waals surface area contributed by atoms with Gasteiger partial charge in [0.1, 0.15) is 11.7 Å². The maximum Gasteiger partial charge on any atom is 0.406 e. The van der Waals surface area contributed by atoms with Gasteiger partial charge in [0, 0.05) is 11.6 Å². The Morgan fingerprint density at radius 2 is 1.88 bits per heavy atom. The minimum atomic E-state index is -4.54. The Balaban J connectivity index is 2.05. The largest absolute Gasteiger partial charge is 0.406 e. The fraction of sp³-hybridized carbons (Fsp3) is 0.118. The van der Waals surface area contributed by atoms with Crippen LogP contribution in [0.2, 0.25) is 5.15 Å². The second-order valence-corrected chi connectivity index (χ2v) is 6.15. The van der Waals surface area contributed by atoms with E-state index in [1.165, 1.54) is 18.5 Å². The normalized spacial score (nSPS) is 12.2. The van der Waals surface area contributed by atoms with E-state index in [1.807, 2.05) is 0 Å². The van der Waals surface area contributed by atoms with Crippen molar-refractivity contribution in [3.05, 3.63) is 58.2 Å². The van der Waals surface area contributed by atoms with Crippen LogP contribution in [0.1, 0.15) is 0 Å². The number of aromatic nitrogens is 4. The number of benzene rings is 1. The second kappa shape index (κ2) is 5.84. The van der Waals surface area contributed by atoms with E-state index >= 15 is 0 Å². The van der Waals surface area contributed by atoms with Gasteiger partial charge in [0.2, 0.25) is 0 Å². The first-order valence-electron chi connectivity index (χ1n) is 7.52. The van der Waals surface area contributed by atoms with E-state index < -0.39 is 18.3 Å². The van der Waals surface area contributed by atoms with Gasteiger partial charge in [-0.1, -0.05) is 23.7 Å². The maximum absolute atomic E-state index is 13.0. The van der Waals surface area contributed by atoms with E-state index in [0.717, 1.165) is 4.57 Å². The summed E-state index contributed by atoms with van der Waals surface area (Å²) in [6, 6.07) is 8.23. The third-order valence-electron chi connectivity index (χ3n) is 4.07. The van der Waals surface area contributed by atoms with Crippen LogP contribution in [0.5, 0.6) is 0 Å². The lowest BCUT2D eigenvalue weighted by Crippen LogP contribution is -2.28. The molecule has 3 heterocycles. The van der Waals surface area contributed by atoms with Crippen LogP contribution in [0.25, 0.3) is 32.9 Å². The first-order chi connectivity index (χ1) is 12.3. The molecule has 1 N–H and O–H groups in total. The van der Waals surface area contributed by atoms with E-state index in [4.69, 9.17) is 11.6 Å². The minimum absolute atomic E-state index is 0.112. The molecule has 0 spiro atoms. The van der Waals surface area contributed by atoms with Crippen molar-refractivity contribution in [1.82, 2.24) is 19.7 Å². The van der Waals surface area contributed by atoms with Crippen LogP contribution in [-0.2, 0) is 6.54 Å². The number of nitrogens with zero attached hydrogens (tertiary/aromatic N) is 3. The van der Waals surface area contributed by atoms with Gasteiger partial charge < -0.3 is 0 Å². The topological polar surface area (TPSA) is 63.6 Å². The van der Waals surface area contributed by atoms with Crippen LogP contribution in [-0.4, -0.2) is 25.9 Å². The lowest BCUT2D eigenvalue weighted by atomic mass is 10.0. The second-order valence-electron chi connectivity index (χ2n) is 5.76. The molecule has 0 radical (unpaired) electrons. The Labute approximate surface area is 149 Å². The molecule has 0 aliphatic carbocycles. The zero-order valence-electron chi connectivity index (χ0n) is 13.0. The summed E-state index contributed by atoms with van der Waals surface area (Å²) in [6.07, 6.45) is -1.80. The number of aromatic amines is 1. The van der Waals surface area contributed by atoms with Gasteiger partial charge in [-0.05, 0) is 29.3 Å². The molecule has 0 amide bonds. The average Bonchev–Trinajstić information content (AvgIpc) is 3.07. The quantitative estimate of drug-likeness (QED) is 0.533. The molecule has 4 rings (SSSR count). The summed E-state index contributed by atoms with van der Waals surface area (Å²) in [5.74, 6) is 0. The molecule has 132 valence electrons. The number of halogens is 4. The monoisotopic (exact) mass is 378 g/mol. The van der Waals surface area contributed by atoms with Crippen molar-refractivity contribution in [2.45, 2.75) is 12.7 Å². The Kier molecular flexibility index (Phi) is 3.73. The number of hydrogen-bond donors (Lipinski definition) is 1. The lowest BCUT2D eigenvalue weighted by molar-refractivity contribution is -0.140. The summed E-state index contributed by atoms with van der Waals surface area (Å²) < 4.78 is 39.9. The summed E-state index contributed by atoms with van der Waals surface area (Å²) in [4.78, 5) is 16.4. The smallest absolute Gasteiger partial charge is 0.298 e. The molecule has 4 aromatic rings. The molecule has 26 heavy (non-hydrogen) atoms. The molecular formula is C17H10ClF3N4O. The summed E-state index contributed by atoms with van der Waals surface area (Å²) in [5, 5.41) is 7.34. The van der Waals surface area contributed by atoms with Gasteiger partial charge >= 0.3 is 6.18 Å². The van der Waals surface area contributed by atoms with E-state index in [-0.39, 0.29) is 16.1 Å². The Morgan fingerprint density at radius 1 is 1.12 bits per heavy atom. The van der Waals surface area contributed by atoms with Crippen LogP contribution < -0.4 is 5.56 Å². The molecule has 0 aliphatic heterocycles.